The maximum atomic E-state index is 13.6. The number of nitrogens with zero attached hydrogens (tertiary/aromatic N) is 4. The van der Waals surface area contributed by atoms with E-state index in [-0.39, 0.29) is 17.8 Å². The minimum absolute atomic E-state index is 0.122. The third-order valence-electron chi connectivity index (χ3n) is 6.59. The van der Waals surface area contributed by atoms with Crippen molar-refractivity contribution in [2.24, 2.45) is 5.41 Å². The number of carbonyl (C=O) groups excluding carboxylic acids is 1. The van der Waals surface area contributed by atoms with Crippen molar-refractivity contribution in [3.63, 3.8) is 0 Å². The molecule has 1 aromatic carbocycles. The molecule has 0 aliphatic carbocycles. The van der Waals surface area contributed by atoms with Gasteiger partial charge in [0.15, 0.2) is 5.16 Å². The molecule has 2 saturated heterocycles. The van der Waals surface area contributed by atoms with Crippen LogP contribution >= 0.6 is 11.8 Å². The molecule has 2 fully saturated rings. The van der Waals surface area contributed by atoms with Gasteiger partial charge in [0, 0.05) is 24.8 Å². The second-order valence-electron chi connectivity index (χ2n) is 9.08. The Morgan fingerprint density at radius 3 is 2.66 bits per heavy atom. The summed E-state index contributed by atoms with van der Waals surface area (Å²) in [7, 11) is 0. The van der Waals surface area contributed by atoms with Crippen molar-refractivity contribution in [3.8, 4) is 22.6 Å². The van der Waals surface area contributed by atoms with Gasteiger partial charge in [-0.05, 0) is 56.4 Å². The number of amides is 1. The SMILES string of the molecule is CSc1nccc(-c2[nH]c(C3CCC(C)(C(=O)N4CCOCC4)CO3)nc2-c2ccc(F)cc2)n1. The molecule has 8 nitrogen and oxygen atoms in total. The van der Waals surface area contributed by atoms with Crippen LogP contribution < -0.4 is 0 Å². The summed E-state index contributed by atoms with van der Waals surface area (Å²) < 4.78 is 25.2. The second kappa shape index (κ2) is 10.0. The van der Waals surface area contributed by atoms with Crippen LogP contribution in [-0.2, 0) is 14.3 Å². The molecule has 0 radical (unpaired) electrons. The molecule has 0 spiro atoms. The second-order valence-corrected chi connectivity index (χ2v) is 9.86. The first kappa shape index (κ1) is 23.9. The van der Waals surface area contributed by atoms with Crippen molar-refractivity contribution in [2.45, 2.75) is 31.0 Å². The Bertz CT molecular complexity index is 1190. The molecule has 0 saturated carbocycles. The first-order valence-corrected chi connectivity index (χ1v) is 12.9. The number of aromatic amines is 1. The topological polar surface area (TPSA) is 93.2 Å². The summed E-state index contributed by atoms with van der Waals surface area (Å²) in [4.78, 5) is 32.2. The number of H-pyrrole nitrogens is 1. The van der Waals surface area contributed by atoms with Gasteiger partial charge < -0.3 is 19.4 Å². The smallest absolute Gasteiger partial charge is 0.231 e. The Morgan fingerprint density at radius 1 is 1.20 bits per heavy atom. The summed E-state index contributed by atoms with van der Waals surface area (Å²) in [6.45, 7) is 4.69. The van der Waals surface area contributed by atoms with Crippen LogP contribution in [0.1, 0.15) is 31.7 Å². The van der Waals surface area contributed by atoms with E-state index in [2.05, 4.69) is 15.0 Å². The normalized spacial score (nSPS) is 22.8. The first-order chi connectivity index (χ1) is 17.0. The molecule has 2 unspecified atom stereocenters. The molecule has 0 bridgehead atoms. The minimum Gasteiger partial charge on any atom is -0.378 e. The third-order valence-corrected chi connectivity index (χ3v) is 7.15. The molecule has 2 aromatic heterocycles. The van der Waals surface area contributed by atoms with Crippen LogP contribution in [0.2, 0.25) is 0 Å². The van der Waals surface area contributed by atoms with Gasteiger partial charge in [0.2, 0.25) is 5.91 Å². The zero-order chi connectivity index (χ0) is 24.4. The molecule has 10 heteroatoms. The number of hydrogen-bond donors (Lipinski definition) is 1. The molecule has 3 aromatic rings. The van der Waals surface area contributed by atoms with Crippen LogP contribution in [0.4, 0.5) is 4.39 Å². The van der Waals surface area contributed by atoms with Gasteiger partial charge in [0.05, 0.1) is 42.3 Å². The summed E-state index contributed by atoms with van der Waals surface area (Å²) in [5.41, 5.74) is 2.31. The minimum atomic E-state index is -0.567. The monoisotopic (exact) mass is 497 g/mol. The van der Waals surface area contributed by atoms with Gasteiger partial charge in [-0.2, -0.15) is 0 Å². The van der Waals surface area contributed by atoms with E-state index in [1.54, 1.807) is 18.3 Å². The van der Waals surface area contributed by atoms with E-state index in [0.29, 0.717) is 68.1 Å². The van der Waals surface area contributed by atoms with E-state index in [1.165, 1.54) is 23.9 Å². The van der Waals surface area contributed by atoms with Gasteiger partial charge in [-0.25, -0.2) is 19.3 Å². The molecule has 1 N–H and O–H groups in total. The lowest BCUT2D eigenvalue weighted by Gasteiger charge is -2.40. The summed E-state index contributed by atoms with van der Waals surface area (Å²) >= 11 is 1.46. The summed E-state index contributed by atoms with van der Waals surface area (Å²) in [6, 6.07) is 8.06. The van der Waals surface area contributed by atoms with Gasteiger partial charge in [-0.1, -0.05) is 11.8 Å². The summed E-state index contributed by atoms with van der Waals surface area (Å²) in [6.07, 6.45) is 4.70. The van der Waals surface area contributed by atoms with Crippen molar-refractivity contribution in [2.75, 3.05) is 39.2 Å². The highest BCUT2D eigenvalue weighted by molar-refractivity contribution is 7.98. The van der Waals surface area contributed by atoms with Crippen molar-refractivity contribution in [1.29, 1.82) is 0 Å². The van der Waals surface area contributed by atoms with Crippen LogP contribution in [0.15, 0.2) is 41.7 Å². The van der Waals surface area contributed by atoms with E-state index in [9.17, 15) is 9.18 Å². The largest absolute Gasteiger partial charge is 0.378 e. The van der Waals surface area contributed by atoms with E-state index < -0.39 is 5.41 Å². The highest BCUT2D eigenvalue weighted by Gasteiger charge is 2.42. The molecular formula is C25H28FN5O3S. The lowest BCUT2D eigenvalue weighted by atomic mass is 9.81. The van der Waals surface area contributed by atoms with Crippen molar-refractivity contribution in [1.82, 2.24) is 24.8 Å². The number of halogens is 1. The van der Waals surface area contributed by atoms with E-state index in [1.807, 2.05) is 24.1 Å². The number of nitrogens with one attached hydrogen (secondary N) is 1. The van der Waals surface area contributed by atoms with Crippen molar-refractivity contribution >= 4 is 17.7 Å². The molecule has 5 rings (SSSR count). The van der Waals surface area contributed by atoms with Crippen LogP contribution in [0.5, 0.6) is 0 Å². The lowest BCUT2D eigenvalue weighted by Crippen LogP contribution is -2.50. The van der Waals surface area contributed by atoms with Crippen LogP contribution in [0, 0.1) is 11.2 Å². The molecule has 2 aliphatic heterocycles. The highest BCUT2D eigenvalue weighted by Crippen LogP contribution is 2.40. The molecule has 2 aliphatic rings. The number of carbonyl (C=O) groups is 1. The van der Waals surface area contributed by atoms with Crippen molar-refractivity contribution in [3.05, 3.63) is 48.2 Å². The number of benzene rings is 1. The Hall–Kier alpha value is -2.82. The van der Waals surface area contributed by atoms with Crippen LogP contribution in [0.3, 0.4) is 0 Å². The van der Waals surface area contributed by atoms with Gasteiger partial charge in [0.25, 0.3) is 0 Å². The number of ether oxygens (including phenoxy) is 2. The third kappa shape index (κ3) is 4.96. The first-order valence-electron chi connectivity index (χ1n) is 11.7. The fourth-order valence-corrected chi connectivity index (χ4v) is 4.90. The Labute approximate surface area is 207 Å². The lowest BCUT2D eigenvalue weighted by molar-refractivity contribution is -0.157. The fraction of sp³-hybridized carbons (Fsp3) is 0.440. The zero-order valence-electron chi connectivity index (χ0n) is 19.8. The van der Waals surface area contributed by atoms with Gasteiger partial charge in [0.1, 0.15) is 17.7 Å². The molecule has 4 heterocycles. The van der Waals surface area contributed by atoms with E-state index in [0.717, 1.165) is 11.3 Å². The van der Waals surface area contributed by atoms with Crippen molar-refractivity contribution < 1.29 is 18.7 Å². The quantitative estimate of drug-likeness (QED) is 0.419. The standard InChI is InChI=1S/C25H28FN5O3S/c1-25(23(32)31-11-13-33-14-12-31)9-7-19(34-15-25)22-29-20(16-3-5-17(26)6-4-16)21(30-22)18-8-10-27-24(28-18)35-2/h3-6,8,10,19H,7,9,11-15H2,1-2H3,(H,29,30). The Kier molecular flexibility index (Phi) is 6.86. The Balaban J connectivity index is 1.41. The van der Waals surface area contributed by atoms with Gasteiger partial charge >= 0.3 is 0 Å². The summed E-state index contributed by atoms with van der Waals surface area (Å²) in [5, 5.41) is 0.648. The maximum Gasteiger partial charge on any atom is 0.231 e. The average Bonchev–Trinajstić information content (AvgIpc) is 3.35. The van der Waals surface area contributed by atoms with E-state index in [4.69, 9.17) is 14.5 Å². The van der Waals surface area contributed by atoms with Crippen LogP contribution in [-0.4, -0.2) is 69.9 Å². The Morgan fingerprint density at radius 2 is 1.97 bits per heavy atom. The molecule has 184 valence electrons. The maximum absolute atomic E-state index is 13.6. The average molecular weight is 498 g/mol. The number of aromatic nitrogens is 4. The van der Waals surface area contributed by atoms with Crippen LogP contribution in [0.25, 0.3) is 22.6 Å². The van der Waals surface area contributed by atoms with Gasteiger partial charge in [-0.3, -0.25) is 4.79 Å². The molecule has 2 atom stereocenters. The molecule has 1 amide bonds. The molecule has 35 heavy (non-hydrogen) atoms. The summed E-state index contributed by atoms with van der Waals surface area (Å²) in [5.74, 6) is 0.485. The zero-order valence-corrected chi connectivity index (χ0v) is 20.6. The number of morpholine rings is 1. The fourth-order valence-electron chi connectivity index (χ4n) is 4.55. The molecular weight excluding hydrogens is 469 g/mol. The predicted octanol–water partition coefficient (Wildman–Crippen LogP) is 4.11. The van der Waals surface area contributed by atoms with Gasteiger partial charge in [-0.15, -0.1) is 0 Å². The number of rotatable bonds is 5. The number of thioether (sulfide) groups is 1. The van der Waals surface area contributed by atoms with E-state index >= 15 is 0 Å². The predicted molar refractivity (Wildman–Crippen MR) is 130 cm³/mol. The number of imidazole rings is 1. The number of hydrogen-bond acceptors (Lipinski definition) is 7. The highest BCUT2D eigenvalue weighted by atomic mass is 32.2.